The summed E-state index contributed by atoms with van der Waals surface area (Å²) >= 11 is 0. The van der Waals surface area contributed by atoms with Crippen molar-refractivity contribution in [2.24, 2.45) is 5.92 Å². The number of nitrogens with one attached hydrogen (secondary N) is 4. The van der Waals surface area contributed by atoms with Crippen LogP contribution in [0.25, 0.3) is 27.7 Å². The first-order chi connectivity index (χ1) is 21.8. The number of aromatic nitrogens is 5. The van der Waals surface area contributed by atoms with Gasteiger partial charge in [0.25, 0.3) is 5.91 Å². The molecule has 0 saturated carbocycles. The molecule has 1 fully saturated rings. The second-order valence-corrected chi connectivity index (χ2v) is 11.5. The number of amides is 1. The molecule has 1 saturated heterocycles. The van der Waals surface area contributed by atoms with Crippen LogP contribution in [0.2, 0.25) is 0 Å². The normalized spacial score (nSPS) is 16.6. The third-order valence-electron chi connectivity index (χ3n) is 8.11. The summed E-state index contributed by atoms with van der Waals surface area (Å²) in [7, 11) is 0. The lowest BCUT2D eigenvalue weighted by atomic mass is 9.95. The van der Waals surface area contributed by atoms with Crippen molar-refractivity contribution in [3.8, 4) is 11.3 Å². The highest BCUT2D eigenvalue weighted by Gasteiger charge is 2.23. The number of hydrogen-bond donors (Lipinski definition) is 5. The summed E-state index contributed by atoms with van der Waals surface area (Å²) in [5, 5.41) is 29.3. The first kappa shape index (κ1) is 30.1. The Morgan fingerprint density at radius 1 is 1.18 bits per heavy atom. The Morgan fingerprint density at radius 2 is 2.02 bits per heavy atom. The van der Waals surface area contributed by atoms with Crippen LogP contribution in [0, 0.1) is 5.92 Å². The molecule has 45 heavy (non-hydrogen) atoms. The zero-order chi connectivity index (χ0) is 31.5. The quantitative estimate of drug-likeness (QED) is 0.140. The van der Waals surface area contributed by atoms with Crippen LogP contribution in [0.3, 0.4) is 0 Å². The molecule has 12 heteroatoms. The van der Waals surface area contributed by atoms with Crippen LogP contribution in [0.1, 0.15) is 37.3 Å². The predicted octanol–water partition coefficient (Wildman–Crippen LogP) is 4.88. The van der Waals surface area contributed by atoms with E-state index in [4.69, 9.17) is 15.0 Å². The monoisotopic (exact) mass is 609 g/mol. The number of nitrogens with zero attached hydrogens (tertiary/aromatic N) is 5. The second-order valence-electron chi connectivity index (χ2n) is 11.5. The fourth-order valence-electron chi connectivity index (χ4n) is 5.60. The molecule has 1 aliphatic heterocycles. The Morgan fingerprint density at radius 3 is 2.82 bits per heavy atom. The molecule has 232 valence electrons. The van der Waals surface area contributed by atoms with Crippen molar-refractivity contribution < 1.29 is 14.3 Å². The Balaban J connectivity index is 1.29. The van der Waals surface area contributed by atoms with Crippen molar-refractivity contribution in [1.29, 1.82) is 0 Å². The molecule has 6 rings (SSSR count). The molecule has 0 bridgehead atoms. The van der Waals surface area contributed by atoms with Gasteiger partial charge in [0.2, 0.25) is 11.9 Å². The summed E-state index contributed by atoms with van der Waals surface area (Å²) in [6, 6.07) is 15.2. The van der Waals surface area contributed by atoms with Crippen molar-refractivity contribution >= 4 is 39.9 Å². The van der Waals surface area contributed by atoms with Gasteiger partial charge in [0.1, 0.15) is 0 Å². The third kappa shape index (κ3) is 6.47. The van der Waals surface area contributed by atoms with Gasteiger partial charge in [-0.1, -0.05) is 50.8 Å². The molecule has 0 spiro atoms. The lowest BCUT2D eigenvalue weighted by Crippen LogP contribution is -2.43. The van der Waals surface area contributed by atoms with Crippen LogP contribution < -0.4 is 21.3 Å². The zero-order valence-corrected chi connectivity index (χ0v) is 25.2. The minimum atomic E-state index is -1.05. The second kappa shape index (κ2) is 13.0. The fraction of sp³-hybridized carbons (Fsp3) is 0.303. The van der Waals surface area contributed by atoms with E-state index in [1.54, 1.807) is 22.8 Å². The van der Waals surface area contributed by atoms with Crippen LogP contribution >= 0.6 is 0 Å². The van der Waals surface area contributed by atoms with Gasteiger partial charge in [0, 0.05) is 53.9 Å². The minimum Gasteiger partial charge on any atom is -0.391 e. The average Bonchev–Trinajstić information content (AvgIpc) is 3.48. The molecule has 1 amide bonds. The standard InChI is InChI=1S/C33H36FN9O2/c1-19(2)27-17-39-43-30(27)41-32(37-16-23-10-12-35-18-28(23)44)42-33(43)38-15-22-6-4-5-7-25(22)29-26-9-8-24(40-31(45)20(3)34)14-21(26)11-13-36-29/h4-9,11,13-14,17,19,23,28,35,44H,3,10,12,15-16,18H2,1-2H3,(H,40,45)(H2,37,38,41,42). The van der Waals surface area contributed by atoms with Gasteiger partial charge in [-0.25, -0.2) is 4.39 Å². The molecule has 5 N–H and O–H groups in total. The van der Waals surface area contributed by atoms with Crippen molar-refractivity contribution in [3.05, 3.63) is 84.5 Å². The highest BCUT2D eigenvalue weighted by atomic mass is 19.1. The number of hydrogen-bond acceptors (Lipinski definition) is 9. The average molecular weight is 610 g/mol. The van der Waals surface area contributed by atoms with E-state index < -0.39 is 17.8 Å². The number of anilines is 3. The number of β-amino-alcohol motifs (C(OH)–C–C–N with tert-alkyl or cyclic N) is 1. The molecule has 1 aliphatic rings. The van der Waals surface area contributed by atoms with Crippen LogP contribution in [0.4, 0.5) is 22.0 Å². The Labute approximate surface area is 260 Å². The number of carbonyl (C=O) groups is 1. The van der Waals surface area contributed by atoms with Crippen LogP contribution in [-0.2, 0) is 11.3 Å². The van der Waals surface area contributed by atoms with Gasteiger partial charge in [-0.15, -0.1) is 0 Å². The molecule has 11 nitrogen and oxygen atoms in total. The van der Waals surface area contributed by atoms with Crippen molar-refractivity contribution in [3.63, 3.8) is 0 Å². The fourth-order valence-corrected chi connectivity index (χ4v) is 5.60. The lowest BCUT2D eigenvalue weighted by molar-refractivity contribution is -0.114. The molecule has 0 radical (unpaired) electrons. The minimum absolute atomic E-state index is 0.104. The molecule has 2 atom stereocenters. The first-order valence-electron chi connectivity index (χ1n) is 15.0. The van der Waals surface area contributed by atoms with E-state index in [9.17, 15) is 14.3 Å². The smallest absolute Gasteiger partial charge is 0.283 e. The number of fused-ring (bicyclic) bond motifs is 2. The Hall–Kier alpha value is -4.94. The summed E-state index contributed by atoms with van der Waals surface area (Å²) in [6.45, 7) is 9.70. The number of rotatable bonds is 10. The van der Waals surface area contributed by atoms with Crippen LogP contribution in [0.5, 0.6) is 0 Å². The number of benzene rings is 2. The van der Waals surface area contributed by atoms with E-state index in [0.29, 0.717) is 37.2 Å². The van der Waals surface area contributed by atoms with E-state index in [0.717, 1.165) is 51.8 Å². The third-order valence-corrected chi connectivity index (χ3v) is 8.11. The molecule has 0 aliphatic carbocycles. The highest BCUT2D eigenvalue weighted by molar-refractivity contribution is 6.04. The summed E-state index contributed by atoms with van der Waals surface area (Å²) < 4.78 is 15.0. The maximum absolute atomic E-state index is 13.2. The number of aliphatic hydroxyl groups is 1. The molecule has 2 unspecified atom stereocenters. The number of carbonyl (C=O) groups excluding carboxylic acids is 1. The topological polar surface area (TPSA) is 141 Å². The Bertz CT molecular complexity index is 1870. The largest absolute Gasteiger partial charge is 0.391 e. The van der Waals surface area contributed by atoms with Gasteiger partial charge in [-0.2, -0.15) is 19.6 Å². The number of pyridine rings is 1. The van der Waals surface area contributed by atoms with Crippen LogP contribution in [0.15, 0.2) is 73.3 Å². The van der Waals surface area contributed by atoms with E-state index in [2.05, 4.69) is 46.8 Å². The lowest BCUT2D eigenvalue weighted by Gasteiger charge is -2.28. The summed E-state index contributed by atoms with van der Waals surface area (Å²) in [4.78, 5) is 26.1. The number of aliphatic hydroxyl groups excluding tert-OH is 1. The van der Waals surface area contributed by atoms with Crippen molar-refractivity contribution in [2.75, 3.05) is 35.6 Å². The number of halogens is 1. The molecule has 3 aromatic heterocycles. The van der Waals surface area contributed by atoms with Gasteiger partial charge in [0.05, 0.1) is 18.0 Å². The zero-order valence-electron chi connectivity index (χ0n) is 25.2. The first-order valence-corrected chi connectivity index (χ1v) is 15.0. The SMILES string of the molecule is C=C(F)C(=O)Nc1ccc2c(-c3ccccc3CNc3nc(NCC4CCNCC4O)nc4c(C(C)C)cnn34)nccc2c1. The van der Waals surface area contributed by atoms with Gasteiger partial charge < -0.3 is 26.4 Å². The number of piperidine rings is 1. The van der Waals surface area contributed by atoms with Gasteiger partial charge in [-0.05, 0) is 48.0 Å². The molecular formula is C33H36FN9O2. The van der Waals surface area contributed by atoms with E-state index >= 15 is 0 Å². The van der Waals surface area contributed by atoms with Crippen molar-refractivity contribution in [2.45, 2.75) is 38.8 Å². The summed E-state index contributed by atoms with van der Waals surface area (Å²) in [5.41, 5.74) is 4.88. The molecule has 5 aromatic rings. The molecule has 4 heterocycles. The van der Waals surface area contributed by atoms with Crippen LogP contribution in [-0.4, -0.2) is 61.3 Å². The van der Waals surface area contributed by atoms with E-state index in [-0.39, 0.29) is 11.8 Å². The van der Waals surface area contributed by atoms with Gasteiger partial charge in [0.15, 0.2) is 11.5 Å². The van der Waals surface area contributed by atoms with Crippen molar-refractivity contribution in [1.82, 2.24) is 29.9 Å². The highest BCUT2D eigenvalue weighted by Crippen LogP contribution is 2.31. The maximum atomic E-state index is 13.2. The summed E-state index contributed by atoms with van der Waals surface area (Å²) in [6.07, 6.45) is 3.99. The summed E-state index contributed by atoms with van der Waals surface area (Å²) in [5.74, 6) is -0.595. The van der Waals surface area contributed by atoms with E-state index in [1.807, 2.05) is 42.6 Å². The van der Waals surface area contributed by atoms with Gasteiger partial charge in [-0.3, -0.25) is 9.78 Å². The molecule has 2 aromatic carbocycles. The van der Waals surface area contributed by atoms with Gasteiger partial charge >= 0.3 is 0 Å². The predicted molar refractivity (Wildman–Crippen MR) is 174 cm³/mol. The van der Waals surface area contributed by atoms with E-state index in [1.165, 1.54) is 0 Å². The Kier molecular flexibility index (Phi) is 8.67. The molecular weight excluding hydrogens is 573 g/mol. The maximum Gasteiger partial charge on any atom is 0.283 e.